The van der Waals surface area contributed by atoms with Crippen LogP contribution in [-0.2, 0) is 26.2 Å². The lowest BCUT2D eigenvalue weighted by atomic mass is 10.1. The number of nitrogens with one attached hydrogen (secondary N) is 1. The highest BCUT2D eigenvalue weighted by Crippen LogP contribution is 2.33. The Morgan fingerprint density at radius 3 is 2.10 bits per heavy atom. The van der Waals surface area contributed by atoms with Crippen LogP contribution in [-0.4, -0.2) is 43.8 Å². The maximum absolute atomic E-state index is 14.1. The maximum atomic E-state index is 14.1. The van der Waals surface area contributed by atoms with Gasteiger partial charge in [-0.3, -0.25) is 13.9 Å². The molecular formula is C29H32Cl3N3O4S. The molecule has 0 heterocycles. The third-order valence-electron chi connectivity index (χ3n) is 6.44. The van der Waals surface area contributed by atoms with E-state index in [0.717, 1.165) is 9.87 Å². The molecule has 0 fully saturated rings. The number of carbonyl (C=O) groups is 2. The summed E-state index contributed by atoms with van der Waals surface area (Å²) in [7, 11) is -4.25. The summed E-state index contributed by atoms with van der Waals surface area (Å²) in [4.78, 5) is 28.8. The summed E-state index contributed by atoms with van der Waals surface area (Å²) in [5.74, 6) is -0.908. The van der Waals surface area contributed by atoms with Crippen LogP contribution in [0.3, 0.4) is 0 Å². The van der Waals surface area contributed by atoms with E-state index >= 15 is 0 Å². The van der Waals surface area contributed by atoms with E-state index in [9.17, 15) is 18.0 Å². The number of amides is 2. The first-order valence-corrected chi connectivity index (χ1v) is 15.4. The normalized spacial score (nSPS) is 12.8. The van der Waals surface area contributed by atoms with E-state index in [4.69, 9.17) is 34.8 Å². The minimum absolute atomic E-state index is 0.0235. The lowest BCUT2D eigenvalue weighted by molar-refractivity contribution is -0.140. The van der Waals surface area contributed by atoms with Crippen LogP contribution in [0.15, 0.2) is 77.7 Å². The van der Waals surface area contributed by atoms with Gasteiger partial charge in [-0.25, -0.2) is 8.42 Å². The number of hydrogen-bond acceptors (Lipinski definition) is 4. The number of halogens is 3. The summed E-state index contributed by atoms with van der Waals surface area (Å²) in [5.41, 5.74) is 0.778. The second kappa shape index (κ2) is 14.2. The molecule has 0 aliphatic heterocycles. The van der Waals surface area contributed by atoms with Crippen molar-refractivity contribution in [2.45, 2.75) is 57.1 Å². The van der Waals surface area contributed by atoms with Crippen molar-refractivity contribution < 1.29 is 18.0 Å². The van der Waals surface area contributed by atoms with Gasteiger partial charge >= 0.3 is 0 Å². The van der Waals surface area contributed by atoms with Gasteiger partial charge in [0.1, 0.15) is 12.6 Å². The summed E-state index contributed by atoms with van der Waals surface area (Å²) in [6.45, 7) is 5.08. The highest BCUT2D eigenvalue weighted by molar-refractivity contribution is 7.92. The first-order chi connectivity index (χ1) is 19.0. The first kappa shape index (κ1) is 31.7. The molecule has 0 aromatic heterocycles. The lowest BCUT2D eigenvalue weighted by Gasteiger charge is -2.34. The number of rotatable bonds is 12. The van der Waals surface area contributed by atoms with Gasteiger partial charge in [-0.15, -0.1) is 0 Å². The van der Waals surface area contributed by atoms with Gasteiger partial charge in [0, 0.05) is 22.6 Å². The van der Waals surface area contributed by atoms with Crippen LogP contribution in [0.4, 0.5) is 5.69 Å². The van der Waals surface area contributed by atoms with E-state index in [-0.39, 0.29) is 39.1 Å². The van der Waals surface area contributed by atoms with Crippen molar-refractivity contribution in [1.82, 2.24) is 10.2 Å². The largest absolute Gasteiger partial charge is 0.352 e. The predicted molar refractivity (Wildman–Crippen MR) is 161 cm³/mol. The molecule has 214 valence electrons. The summed E-state index contributed by atoms with van der Waals surface area (Å²) in [6, 6.07) is 18.1. The quantitative estimate of drug-likeness (QED) is 0.247. The Bertz CT molecular complexity index is 1420. The highest BCUT2D eigenvalue weighted by atomic mass is 35.5. The third kappa shape index (κ3) is 7.91. The molecule has 11 heteroatoms. The number of hydrogen-bond donors (Lipinski definition) is 1. The lowest BCUT2D eigenvalue weighted by Crippen LogP contribution is -2.53. The molecular weight excluding hydrogens is 593 g/mol. The van der Waals surface area contributed by atoms with Crippen molar-refractivity contribution in [2.75, 3.05) is 10.8 Å². The van der Waals surface area contributed by atoms with E-state index in [1.807, 2.05) is 13.8 Å². The predicted octanol–water partition coefficient (Wildman–Crippen LogP) is 6.56. The van der Waals surface area contributed by atoms with Crippen LogP contribution in [0, 0.1) is 0 Å². The monoisotopic (exact) mass is 623 g/mol. The number of anilines is 1. The Kier molecular flexibility index (Phi) is 11.3. The fourth-order valence-electron chi connectivity index (χ4n) is 4.06. The molecule has 0 unspecified atom stereocenters. The molecule has 3 aromatic carbocycles. The Labute approximate surface area is 251 Å². The molecule has 1 N–H and O–H groups in total. The van der Waals surface area contributed by atoms with Crippen LogP contribution >= 0.6 is 34.8 Å². The van der Waals surface area contributed by atoms with Crippen LogP contribution < -0.4 is 9.62 Å². The van der Waals surface area contributed by atoms with Crippen molar-refractivity contribution in [2.24, 2.45) is 0 Å². The van der Waals surface area contributed by atoms with Crippen molar-refractivity contribution in [3.63, 3.8) is 0 Å². The molecule has 0 radical (unpaired) electrons. The average Bonchev–Trinajstić information content (AvgIpc) is 2.94. The Hall–Kier alpha value is -2.78. The number of nitrogens with zero attached hydrogens (tertiary/aromatic N) is 2. The fraction of sp³-hybridized carbons (Fsp3) is 0.310. The topological polar surface area (TPSA) is 86.8 Å². The standard InChI is InChI=1S/C29H32Cl3N3O4S/c1-4-20(3)33-29(37)26(5-2)34(18-21-11-13-22(30)14-12-21)28(36)19-35(27-17-23(31)15-16-25(27)32)40(38,39)24-9-7-6-8-10-24/h6-17,20,26H,4-5,18-19H2,1-3H3,(H,33,37)/t20-,26-/m0/s1. The molecule has 0 bridgehead atoms. The van der Waals surface area contributed by atoms with Crippen LogP contribution in [0.2, 0.25) is 15.1 Å². The smallest absolute Gasteiger partial charge is 0.264 e. The highest BCUT2D eigenvalue weighted by Gasteiger charge is 2.34. The second-order valence-corrected chi connectivity index (χ2v) is 12.5. The van der Waals surface area contributed by atoms with Gasteiger partial charge in [-0.05, 0) is 67.8 Å². The molecule has 0 spiro atoms. The van der Waals surface area contributed by atoms with Gasteiger partial charge in [-0.2, -0.15) is 0 Å². The third-order valence-corrected chi connectivity index (χ3v) is 9.02. The van der Waals surface area contributed by atoms with E-state index in [0.29, 0.717) is 17.9 Å². The average molecular weight is 625 g/mol. The summed E-state index contributed by atoms with van der Waals surface area (Å²) >= 11 is 18.7. The van der Waals surface area contributed by atoms with Gasteiger partial charge in [-0.1, -0.05) is 79.0 Å². The van der Waals surface area contributed by atoms with E-state index in [1.165, 1.54) is 35.2 Å². The SMILES string of the molecule is CC[C@H](C)NC(=O)[C@H](CC)N(Cc1ccc(Cl)cc1)C(=O)CN(c1cc(Cl)ccc1Cl)S(=O)(=O)c1ccccc1. The summed E-state index contributed by atoms with van der Waals surface area (Å²) < 4.78 is 28.7. The number of benzene rings is 3. The molecule has 2 atom stereocenters. The van der Waals surface area contributed by atoms with Crippen molar-refractivity contribution >= 4 is 62.3 Å². The fourth-order valence-corrected chi connectivity index (χ4v) is 6.07. The second-order valence-electron chi connectivity index (χ2n) is 9.31. The summed E-state index contributed by atoms with van der Waals surface area (Å²) in [6.07, 6.45) is 1.02. The van der Waals surface area contributed by atoms with Crippen LogP contribution in [0.25, 0.3) is 0 Å². The zero-order valence-corrected chi connectivity index (χ0v) is 25.6. The summed E-state index contributed by atoms with van der Waals surface area (Å²) in [5, 5.41) is 3.82. The molecule has 2 amide bonds. The molecule has 3 aromatic rings. The minimum atomic E-state index is -4.25. The molecule has 7 nitrogen and oxygen atoms in total. The number of carbonyl (C=O) groups excluding carboxylic acids is 2. The zero-order valence-electron chi connectivity index (χ0n) is 22.5. The molecule has 0 aliphatic carbocycles. The van der Waals surface area contributed by atoms with Gasteiger partial charge in [0.25, 0.3) is 10.0 Å². The van der Waals surface area contributed by atoms with Crippen LogP contribution in [0.5, 0.6) is 0 Å². The van der Waals surface area contributed by atoms with E-state index in [2.05, 4.69) is 5.32 Å². The number of sulfonamides is 1. The van der Waals surface area contributed by atoms with Crippen molar-refractivity contribution in [3.8, 4) is 0 Å². The molecule has 3 rings (SSSR count). The Balaban J connectivity index is 2.08. The van der Waals surface area contributed by atoms with E-state index < -0.39 is 28.5 Å². The van der Waals surface area contributed by atoms with Crippen molar-refractivity contribution in [3.05, 3.63) is 93.4 Å². The van der Waals surface area contributed by atoms with E-state index in [1.54, 1.807) is 49.4 Å². The van der Waals surface area contributed by atoms with Gasteiger partial charge < -0.3 is 10.2 Å². The van der Waals surface area contributed by atoms with Gasteiger partial charge in [0.15, 0.2) is 0 Å². The Morgan fingerprint density at radius 2 is 1.50 bits per heavy atom. The molecule has 0 saturated heterocycles. The van der Waals surface area contributed by atoms with Crippen molar-refractivity contribution in [1.29, 1.82) is 0 Å². The Morgan fingerprint density at radius 1 is 0.875 bits per heavy atom. The molecule has 0 saturated carbocycles. The molecule has 0 aliphatic rings. The van der Waals surface area contributed by atoms with Gasteiger partial charge in [0.2, 0.25) is 11.8 Å². The van der Waals surface area contributed by atoms with Crippen LogP contribution in [0.1, 0.15) is 39.2 Å². The molecule has 40 heavy (non-hydrogen) atoms. The minimum Gasteiger partial charge on any atom is -0.352 e. The maximum Gasteiger partial charge on any atom is 0.264 e. The zero-order chi connectivity index (χ0) is 29.4. The first-order valence-electron chi connectivity index (χ1n) is 12.8. The van der Waals surface area contributed by atoms with Gasteiger partial charge in [0.05, 0.1) is 15.6 Å².